The van der Waals surface area contributed by atoms with Gasteiger partial charge in [0, 0.05) is 17.0 Å². The minimum absolute atomic E-state index is 0.0876. The summed E-state index contributed by atoms with van der Waals surface area (Å²) in [7, 11) is 6.02. The summed E-state index contributed by atoms with van der Waals surface area (Å²) in [4.78, 5) is 23.2. The third kappa shape index (κ3) is 15.6. The molecule has 2 aliphatic rings. The van der Waals surface area contributed by atoms with Crippen LogP contribution in [-0.2, 0) is 42.4 Å². The Morgan fingerprint density at radius 1 is 0.548 bits per heavy atom. The van der Waals surface area contributed by atoms with Gasteiger partial charge in [0.25, 0.3) is 0 Å². The van der Waals surface area contributed by atoms with Crippen LogP contribution in [0.3, 0.4) is 0 Å². The Labute approximate surface area is 436 Å². The lowest BCUT2D eigenvalue weighted by atomic mass is 9.81. The number of carbonyl (C=O) groups excluding carboxylic acids is 2. The van der Waals surface area contributed by atoms with E-state index in [1.807, 2.05) is 66.7 Å². The highest BCUT2D eigenvalue weighted by Gasteiger charge is 2.35. The summed E-state index contributed by atoms with van der Waals surface area (Å²) >= 11 is 5.93. The van der Waals surface area contributed by atoms with Crippen LogP contribution in [0.15, 0.2) is 121 Å². The third-order valence-electron chi connectivity index (χ3n) is 13.5. The van der Waals surface area contributed by atoms with Crippen LogP contribution in [0.4, 0.5) is 8.78 Å². The van der Waals surface area contributed by atoms with Crippen molar-refractivity contribution in [2.45, 2.75) is 115 Å². The molecule has 2 fully saturated rings. The Balaban J connectivity index is 0.000000198. The van der Waals surface area contributed by atoms with Crippen molar-refractivity contribution < 1.29 is 47.2 Å². The number of halogens is 3. The van der Waals surface area contributed by atoms with E-state index in [-0.39, 0.29) is 52.0 Å². The molecule has 0 heterocycles. The van der Waals surface area contributed by atoms with Crippen LogP contribution in [0.1, 0.15) is 125 Å². The molecule has 0 bridgehead atoms. The van der Waals surface area contributed by atoms with Gasteiger partial charge in [0.15, 0.2) is 0 Å². The first-order valence-electron chi connectivity index (χ1n) is 24.9. The number of alkyl halides is 1. The van der Waals surface area contributed by atoms with Gasteiger partial charge < -0.3 is 28.8 Å². The monoisotopic (exact) mass is 1020 g/mol. The van der Waals surface area contributed by atoms with Crippen LogP contribution in [-0.4, -0.2) is 45.5 Å². The smallest absolute Gasteiger partial charge is 0.306 e. The molecular formula is C62H71ClF2O8. The van der Waals surface area contributed by atoms with E-state index in [0.717, 1.165) is 63.1 Å². The molecule has 11 heteroatoms. The molecule has 6 aromatic rings. The van der Waals surface area contributed by atoms with E-state index in [9.17, 15) is 23.5 Å². The maximum absolute atomic E-state index is 14.9. The van der Waals surface area contributed by atoms with Crippen molar-refractivity contribution in [2.75, 3.05) is 28.4 Å². The molecule has 8 rings (SSSR count). The predicted molar refractivity (Wildman–Crippen MR) is 287 cm³/mol. The topological polar surface area (TPSA) is 101 Å². The molecule has 388 valence electrons. The lowest BCUT2D eigenvalue weighted by Crippen LogP contribution is -2.13. The minimum atomic E-state index is -0.285. The molecule has 0 saturated heterocycles. The Hall–Kier alpha value is -6.39. The number of aromatic hydroxyl groups is 1. The van der Waals surface area contributed by atoms with Gasteiger partial charge in [0.05, 0.1) is 41.3 Å². The number of rotatable bonds is 16. The number of phenolic OH excluding ortho intramolecular Hbond substituents is 1. The van der Waals surface area contributed by atoms with Crippen molar-refractivity contribution >= 4 is 23.5 Å². The number of esters is 2. The van der Waals surface area contributed by atoms with Gasteiger partial charge in [-0.3, -0.25) is 9.59 Å². The van der Waals surface area contributed by atoms with Crippen LogP contribution >= 0.6 is 11.6 Å². The number of carbonyl (C=O) groups is 2. The van der Waals surface area contributed by atoms with Crippen molar-refractivity contribution in [1.29, 1.82) is 0 Å². The van der Waals surface area contributed by atoms with Gasteiger partial charge in [-0.25, -0.2) is 8.78 Å². The van der Waals surface area contributed by atoms with E-state index in [0.29, 0.717) is 59.8 Å². The highest BCUT2D eigenvalue weighted by Crippen LogP contribution is 2.46. The van der Waals surface area contributed by atoms with Gasteiger partial charge in [-0.1, -0.05) is 90.1 Å². The van der Waals surface area contributed by atoms with Crippen molar-refractivity contribution in [3.05, 3.63) is 166 Å². The zero-order valence-electron chi connectivity index (χ0n) is 44.0. The molecule has 0 spiro atoms. The van der Waals surface area contributed by atoms with E-state index < -0.39 is 0 Å². The average molecular weight is 1020 g/mol. The molecule has 1 N–H and O–H groups in total. The molecule has 6 aromatic carbocycles. The third-order valence-corrected chi connectivity index (χ3v) is 13.8. The maximum atomic E-state index is 14.9. The average Bonchev–Trinajstić information content (AvgIpc) is 4.33. The molecule has 8 nitrogen and oxygen atoms in total. The van der Waals surface area contributed by atoms with Gasteiger partial charge in [-0.2, -0.15) is 0 Å². The molecule has 0 unspecified atom stereocenters. The Kier molecular flexibility index (Phi) is 19.2. The number of benzene rings is 6. The van der Waals surface area contributed by atoms with Crippen LogP contribution in [0.2, 0.25) is 0 Å². The number of phenols is 1. The van der Waals surface area contributed by atoms with Crippen molar-refractivity contribution in [3.63, 3.8) is 0 Å². The molecular weight excluding hydrogens is 946 g/mol. The molecule has 2 saturated carbocycles. The molecule has 0 radical (unpaired) electrons. The first-order chi connectivity index (χ1) is 34.8. The summed E-state index contributed by atoms with van der Waals surface area (Å²) in [6.45, 7) is 13.1. The summed E-state index contributed by atoms with van der Waals surface area (Å²) in [6, 6.07) is 36.8. The Morgan fingerprint density at radius 2 is 0.945 bits per heavy atom. The predicted octanol–water partition coefficient (Wildman–Crippen LogP) is 15.4. The number of methoxy groups -OCH3 is 4. The molecule has 0 amide bonds. The summed E-state index contributed by atoms with van der Waals surface area (Å²) < 4.78 is 55.5. The highest BCUT2D eigenvalue weighted by atomic mass is 35.5. The van der Waals surface area contributed by atoms with Gasteiger partial charge >= 0.3 is 11.9 Å². The fourth-order valence-corrected chi connectivity index (χ4v) is 9.29. The SMILES string of the molecule is COC(=O)C[C@H](c1ccc(O)cc1)C1CC1.COC(=O)C[C@H](c1ccc(OCc2ccc(C(C)(C)C)c(-c3cc(OC)ccc3F)c2)cc1)C1CC1.COc1ccc(F)c(-c2cc(CCl)ccc2C(C)(C)C)c1. The largest absolute Gasteiger partial charge is 0.508 e. The minimum Gasteiger partial charge on any atom is -0.508 e. The second-order valence-electron chi connectivity index (χ2n) is 21.0. The molecule has 2 atom stereocenters. The quantitative estimate of drug-likeness (QED) is 0.0756. The Bertz CT molecular complexity index is 2790. The number of hydrogen-bond acceptors (Lipinski definition) is 8. The summed E-state index contributed by atoms with van der Waals surface area (Å²) in [5.74, 6) is 3.38. The van der Waals surface area contributed by atoms with Crippen LogP contribution < -0.4 is 14.2 Å². The maximum Gasteiger partial charge on any atom is 0.306 e. The highest BCUT2D eigenvalue weighted by molar-refractivity contribution is 6.17. The zero-order chi connectivity index (χ0) is 53.0. The van der Waals surface area contributed by atoms with Crippen molar-refractivity contribution in [2.24, 2.45) is 11.8 Å². The van der Waals surface area contributed by atoms with Crippen molar-refractivity contribution in [1.82, 2.24) is 0 Å². The first kappa shape index (κ1) is 55.9. The van der Waals surface area contributed by atoms with Gasteiger partial charge in [-0.15, -0.1) is 11.6 Å². The van der Waals surface area contributed by atoms with E-state index in [1.165, 1.54) is 39.2 Å². The van der Waals surface area contributed by atoms with E-state index in [1.54, 1.807) is 50.6 Å². The normalized spacial score (nSPS) is 14.0. The van der Waals surface area contributed by atoms with Crippen LogP contribution in [0.25, 0.3) is 22.3 Å². The lowest BCUT2D eigenvalue weighted by molar-refractivity contribution is -0.142. The molecule has 0 aliphatic heterocycles. The summed E-state index contributed by atoms with van der Waals surface area (Å²) in [5, 5.41) is 9.23. The molecule has 2 aliphatic carbocycles. The Morgan fingerprint density at radius 3 is 1.33 bits per heavy atom. The van der Waals surface area contributed by atoms with E-state index >= 15 is 0 Å². The van der Waals surface area contributed by atoms with Crippen LogP contribution in [0, 0.1) is 23.5 Å². The fourth-order valence-electron chi connectivity index (χ4n) is 9.12. The van der Waals surface area contributed by atoms with Gasteiger partial charge in [0.1, 0.15) is 41.2 Å². The second kappa shape index (κ2) is 25.0. The lowest BCUT2D eigenvalue weighted by Gasteiger charge is -2.24. The molecule has 73 heavy (non-hydrogen) atoms. The standard InChI is InChI=1S/C31H35FO4.C18H20ClFO.C13H16O3/c1-31(2,3)28-14-6-20(16-26(28)27-17-24(34-4)13-15-29(27)32)19-36-23-11-9-22(10-12-23)25(21-7-8-21)18-30(33)35-5;1-18(2,3)16-7-5-12(11-19)9-14(16)15-10-13(21-4)6-8-17(15)20;1-16-13(15)8-12(9-2-3-9)10-4-6-11(14)7-5-10/h6,9-17,21,25H,7-8,18-19H2,1-5H3;5-10H,11H2,1-4H3;4-7,9,12,14H,2-3,8H2,1H3/t25-;;12-/m0.0/s1. The van der Waals surface area contributed by atoms with Crippen molar-refractivity contribution in [3.8, 4) is 45.3 Å². The summed E-state index contributed by atoms with van der Waals surface area (Å²) in [5.41, 5.74) is 8.84. The molecule has 0 aromatic heterocycles. The first-order valence-corrected chi connectivity index (χ1v) is 25.5. The zero-order valence-corrected chi connectivity index (χ0v) is 44.7. The van der Waals surface area contributed by atoms with Gasteiger partial charge in [0.2, 0.25) is 0 Å². The summed E-state index contributed by atoms with van der Waals surface area (Å²) in [6.07, 6.45) is 5.52. The number of hydrogen-bond donors (Lipinski definition) is 1. The van der Waals surface area contributed by atoms with Gasteiger partial charge in [-0.05, 0) is 177 Å². The van der Waals surface area contributed by atoms with E-state index in [4.69, 9.17) is 35.3 Å². The second-order valence-corrected chi connectivity index (χ2v) is 21.2. The fraction of sp³-hybridized carbons (Fsp3) is 0.387. The van der Waals surface area contributed by atoms with E-state index in [2.05, 4.69) is 47.6 Å². The number of ether oxygens (including phenoxy) is 5. The van der Waals surface area contributed by atoms with Crippen LogP contribution in [0.5, 0.6) is 23.0 Å².